The highest BCUT2D eigenvalue weighted by Crippen LogP contribution is 2.37. The van der Waals surface area contributed by atoms with E-state index < -0.39 is 0 Å². The molecule has 29 heavy (non-hydrogen) atoms. The van der Waals surface area contributed by atoms with Crippen molar-refractivity contribution in [2.75, 3.05) is 12.8 Å². The van der Waals surface area contributed by atoms with Crippen molar-refractivity contribution in [2.45, 2.75) is 13.8 Å². The molecule has 0 spiro atoms. The van der Waals surface area contributed by atoms with Gasteiger partial charge in [-0.3, -0.25) is 0 Å². The number of rotatable bonds is 4. The lowest BCUT2D eigenvalue weighted by Crippen LogP contribution is -2.04. The lowest BCUT2D eigenvalue weighted by molar-refractivity contribution is 0.402. The zero-order valence-corrected chi connectivity index (χ0v) is 16.0. The molecule has 0 aliphatic carbocycles. The Morgan fingerprint density at radius 3 is 2.76 bits per heavy atom. The second kappa shape index (κ2) is 7.09. The fraction of sp³-hybridized carbons (Fsp3) is 0.150. The molecule has 0 bridgehead atoms. The van der Waals surface area contributed by atoms with Gasteiger partial charge in [0.05, 0.1) is 30.6 Å². The van der Waals surface area contributed by atoms with E-state index >= 15 is 0 Å². The molecule has 144 valence electrons. The number of pyridine rings is 1. The fourth-order valence-electron chi connectivity index (χ4n) is 3.04. The fourth-order valence-corrected chi connectivity index (χ4v) is 3.04. The van der Waals surface area contributed by atoms with E-state index in [1.165, 1.54) is 17.2 Å². The van der Waals surface area contributed by atoms with Crippen LogP contribution in [-0.4, -0.2) is 31.8 Å². The lowest BCUT2D eigenvalue weighted by Gasteiger charge is -2.16. The molecule has 3 heterocycles. The molecule has 0 fully saturated rings. The molecule has 0 radical (unpaired) electrons. The number of nitrogens with zero attached hydrogens (tertiary/aromatic N) is 6. The van der Waals surface area contributed by atoms with Crippen LogP contribution in [0.3, 0.4) is 0 Å². The highest BCUT2D eigenvalue weighted by atomic mass is 16.5. The Labute approximate surface area is 166 Å². The summed E-state index contributed by atoms with van der Waals surface area (Å²) in [5, 5.41) is 13.7. The predicted octanol–water partition coefficient (Wildman–Crippen LogP) is 3.08. The minimum atomic E-state index is 0.240. The standard InChI is InChI=1S/C20H17N7O2/c1-11-4-5-15(28-3)12(2)18(11)29-20-17-14(23-10-24-19(17)22)6-16(26-20)27-9-13(7-21)8-25-27/h4-6,8-10H,1-3H3,(H2,22,23,24). The number of aromatic nitrogens is 5. The van der Waals surface area contributed by atoms with E-state index in [2.05, 4.69) is 20.1 Å². The molecule has 9 heteroatoms. The molecule has 4 rings (SSSR count). The molecule has 0 aliphatic heterocycles. The van der Waals surface area contributed by atoms with Crippen molar-refractivity contribution < 1.29 is 9.47 Å². The first-order valence-corrected chi connectivity index (χ1v) is 8.70. The van der Waals surface area contributed by atoms with Gasteiger partial charge in [0.1, 0.15) is 35.1 Å². The van der Waals surface area contributed by atoms with E-state index in [0.29, 0.717) is 33.8 Å². The maximum absolute atomic E-state index is 9.07. The number of hydrogen-bond acceptors (Lipinski definition) is 8. The van der Waals surface area contributed by atoms with Gasteiger partial charge in [-0.2, -0.15) is 15.3 Å². The highest BCUT2D eigenvalue weighted by molar-refractivity contribution is 5.93. The van der Waals surface area contributed by atoms with Gasteiger partial charge in [0.25, 0.3) is 0 Å². The molecular formula is C20H17N7O2. The Hall–Kier alpha value is -4.19. The molecule has 2 N–H and O–H groups in total. The summed E-state index contributed by atoms with van der Waals surface area (Å²) in [5.41, 5.74) is 8.79. The molecule has 0 saturated carbocycles. The van der Waals surface area contributed by atoms with Crippen molar-refractivity contribution in [1.29, 1.82) is 5.26 Å². The average Bonchev–Trinajstić information content (AvgIpc) is 3.20. The van der Waals surface area contributed by atoms with Crippen molar-refractivity contribution in [3.63, 3.8) is 0 Å². The molecule has 0 saturated heterocycles. The third-order valence-electron chi connectivity index (χ3n) is 4.52. The van der Waals surface area contributed by atoms with Crippen LogP contribution in [0, 0.1) is 25.2 Å². The van der Waals surface area contributed by atoms with E-state index in [-0.39, 0.29) is 11.7 Å². The molecule has 0 aliphatic rings. The Bertz CT molecular complexity index is 1270. The van der Waals surface area contributed by atoms with Crippen molar-refractivity contribution in [1.82, 2.24) is 24.7 Å². The number of hydrogen-bond donors (Lipinski definition) is 1. The third-order valence-corrected chi connectivity index (χ3v) is 4.52. The number of methoxy groups -OCH3 is 1. The number of benzene rings is 1. The second-order valence-corrected chi connectivity index (χ2v) is 6.36. The molecule has 3 aromatic heterocycles. The number of anilines is 1. The van der Waals surface area contributed by atoms with Crippen LogP contribution in [0.25, 0.3) is 16.7 Å². The summed E-state index contributed by atoms with van der Waals surface area (Å²) in [6.45, 7) is 3.83. The highest BCUT2D eigenvalue weighted by Gasteiger charge is 2.18. The van der Waals surface area contributed by atoms with Crippen LogP contribution in [-0.2, 0) is 0 Å². The van der Waals surface area contributed by atoms with Crippen LogP contribution in [0.4, 0.5) is 5.82 Å². The Morgan fingerprint density at radius 1 is 1.21 bits per heavy atom. The minimum Gasteiger partial charge on any atom is -0.496 e. The summed E-state index contributed by atoms with van der Waals surface area (Å²) in [4.78, 5) is 12.9. The largest absolute Gasteiger partial charge is 0.496 e. The average molecular weight is 387 g/mol. The summed E-state index contributed by atoms with van der Waals surface area (Å²) < 4.78 is 13.1. The van der Waals surface area contributed by atoms with Crippen molar-refractivity contribution in [3.05, 3.63) is 53.6 Å². The van der Waals surface area contributed by atoms with Gasteiger partial charge >= 0.3 is 0 Å². The summed E-state index contributed by atoms with van der Waals surface area (Å²) in [7, 11) is 1.60. The monoisotopic (exact) mass is 387 g/mol. The van der Waals surface area contributed by atoms with E-state index in [1.807, 2.05) is 32.0 Å². The van der Waals surface area contributed by atoms with Crippen LogP contribution >= 0.6 is 0 Å². The summed E-state index contributed by atoms with van der Waals surface area (Å²) in [6, 6.07) is 7.53. The summed E-state index contributed by atoms with van der Waals surface area (Å²) >= 11 is 0. The van der Waals surface area contributed by atoms with Crippen molar-refractivity contribution >= 4 is 16.7 Å². The van der Waals surface area contributed by atoms with Gasteiger partial charge in [-0.25, -0.2) is 14.6 Å². The van der Waals surface area contributed by atoms with Crippen LogP contribution in [0.1, 0.15) is 16.7 Å². The van der Waals surface area contributed by atoms with Crippen LogP contribution in [0.5, 0.6) is 17.4 Å². The number of nitrogens with two attached hydrogens (primary N) is 1. The second-order valence-electron chi connectivity index (χ2n) is 6.36. The Kier molecular flexibility index (Phi) is 4.44. The van der Waals surface area contributed by atoms with Gasteiger partial charge < -0.3 is 15.2 Å². The van der Waals surface area contributed by atoms with E-state index in [4.69, 9.17) is 20.5 Å². The Balaban J connectivity index is 1.93. The molecule has 0 amide bonds. The number of nitriles is 1. The molecule has 0 unspecified atom stereocenters. The molecule has 1 aromatic carbocycles. The third kappa shape index (κ3) is 3.17. The van der Waals surface area contributed by atoms with Gasteiger partial charge in [0, 0.05) is 11.6 Å². The summed E-state index contributed by atoms with van der Waals surface area (Å²) in [6.07, 6.45) is 4.40. The maximum atomic E-state index is 9.07. The first-order chi connectivity index (χ1) is 14.0. The molecule has 9 nitrogen and oxygen atoms in total. The number of nitrogen functional groups attached to an aromatic ring is 1. The van der Waals surface area contributed by atoms with Crippen LogP contribution in [0.2, 0.25) is 0 Å². The number of ether oxygens (including phenoxy) is 2. The lowest BCUT2D eigenvalue weighted by atomic mass is 10.1. The SMILES string of the molecule is COc1ccc(C)c(Oc2nc(-n3cc(C#N)cn3)cc3ncnc(N)c23)c1C. The first-order valence-electron chi connectivity index (χ1n) is 8.70. The quantitative estimate of drug-likeness (QED) is 0.566. The van der Waals surface area contributed by atoms with Crippen LogP contribution in [0.15, 0.2) is 36.9 Å². The first kappa shape index (κ1) is 18.2. The van der Waals surface area contributed by atoms with Gasteiger partial charge in [-0.05, 0) is 25.5 Å². The zero-order valence-electron chi connectivity index (χ0n) is 16.0. The van der Waals surface area contributed by atoms with Crippen LogP contribution < -0.4 is 15.2 Å². The Morgan fingerprint density at radius 2 is 2.03 bits per heavy atom. The van der Waals surface area contributed by atoms with Gasteiger partial charge in [0.15, 0.2) is 5.82 Å². The predicted molar refractivity (Wildman–Crippen MR) is 106 cm³/mol. The molecule has 0 atom stereocenters. The summed E-state index contributed by atoms with van der Waals surface area (Å²) in [5.74, 6) is 2.23. The van der Waals surface area contributed by atoms with Gasteiger partial charge in [-0.1, -0.05) is 6.07 Å². The minimum absolute atomic E-state index is 0.240. The van der Waals surface area contributed by atoms with Crippen molar-refractivity contribution in [3.8, 4) is 29.3 Å². The van der Waals surface area contributed by atoms with E-state index in [0.717, 1.165) is 11.1 Å². The topological polar surface area (TPSA) is 125 Å². The number of aryl methyl sites for hydroxylation is 1. The molecule has 4 aromatic rings. The van der Waals surface area contributed by atoms with Gasteiger partial charge in [0.2, 0.25) is 5.88 Å². The maximum Gasteiger partial charge on any atom is 0.234 e. The zero-order chi connectivity index (χ0) is 20.5. The van der Waals surface area contributed by atoms with Gasteiger partial charge in [-0.15, -0.1) is 0 Å². The molecular weight excluding hydrogens is 370 g/mol. The number of fused-ring (bicyclic) bond motifs is 1. The smallest absolute Gasteiger partial charge is 0.234 e. The normalized spacial score (nSPS) is 10.7. The van der Waals surface area contributed by atoms with E-state index in [9.17, 15) is 0 Å². The van der Waals surface area contributed by atoms with E-state index in [1.54, 1.807) is 19.4 Å². The van der Waals surface area contributed by atoms with Crippen molar-refractivity contribution in [2.24, 2.45) is 0 Å².